The lowest BCUT2D eigenvalue weighted by molar-refractivity contribution is 0.105. The second-order valence-corrected chi connectivity index (χ2v) is 4.91. The number of ether oxygens (including phenoxy) is 2. The minimum Gasteiger partial charge on any atom is -0.488 e. The van der Waals surface area contributed by atoms with E-state index in [1.54, 1.807) is 0 Å². The zero-order chi connectivity index (χ0) is 13.1. The van der Waals surface area contributed by atoms with Crippen LogP contribution in [0.15, 0.2) is 18.2 Å². The van der Waals surface area contributed by atoms with E-state index in [2.05, 4.69) is 19.2 Å². The summed E-state index contributed by atoms with van der Waals surface area (Å²) in [5, 5.41) is 3.21. The summed E-state index contributed by atoms with van der Waals surface area (Å²) < 4.78 is 10.6. The second-order valence-electron chi connectivity index (χ2n) is 4.53. The number of amides is 1. The highest BCUT2D eigenvalue weighted by Crippen LogP contribution is 2.32. The van der Waals surface area contributed by atoms with Gasteiger partial charge in [0.1, 0.15) is 12.4 Å². The average molecular weight is 270 g/mol. The third-order valence-electron chi connectivity index (χ3n) is 2.79. The SMILES string of the molecule is CC(C)c1cccc(OCC2CNC(=O)O2)c1Cl. The number of alkyl carbamates (subject to hydrolysis) is 1. The van der Waals surface area contributed by atoms with Gasteiger partial charge in [0.2, 0.25) is 0 Å². The highest BCUT2D eigenvalue weighted by atomic mass is 35.5. The second kappa shape index (κ2) is 5.48. The maximum absolute atomic E-state index is 10.9. The first-order valence-corrected chi connectivity index (χ1v) is 6.31. The minimum atomic E-state index is -0.398. The molecule has 1 aromatic rings. The molecule has 1 aromatic carbocycles. The number of hydrogen-bond donors (Lipinski definition) is 1. The smallest absolute Gasteiger partial charge is 0.407 e. The molecule has 0 aromatic heterocycles. The summed E-state index contributed by atoms with van der Waals surface area (Å²) in [5.74, 6) is 0.970. The third kappa shape index (κ3) is 2.88. The van der Waals surface area contributed by atoms with Crippen LogP contribution >= 0.6 is 11.6 Å². The number of carbonyl (C=O) groups excluding carboxylic acids is 1. The Bertz CT molecular complexity index is 448. The molecule has 1 amide bonds. The van der Waals surface area contributed by atoms with Crippen molar-refractivity contribution in [1.29, 1.82) is 0 Å². The van der Waals surface area contributed by atoms with Crippen molar-refractivity contribution in [3.8, 4) is 5.75 Å². The van der Waals surface area contributed by atoms with E-state index in [0.29, 0.717) is 29.8 Å². The summed E-state index contributed by atoms with van der Waals surface area (Å²) in [6.07, 6.45) is -0.651. The lowest BCUT2D eigenvalue weighted by Gasteiger charge is -2.14. The maximum atomic E-state index is 10.9. The molecule has 4 nitrogen and oxygen atoms in total. The van der Waals surface area contributed by atoms with Crippen LogP contribution in [0.25, 0.3) is 0 Å². The highest BCUT2D eigenvalue weighted by molar-refractivity contribution is 6.32. The van der Waals surface area contributed by atoms with E-state index in [9.17, 15) is 4.79 Å². The van der Waals surface area contributed by atoms with Crippen LogP contribution in [0.2, 0.25) is 5.02 Å². The molecule has 1 heterocycles. The van der Waals surface area contributed by atoms with Crippen molar-refractivity contribution in [1.82, 2.24) is 5.32 Å². The number of carbonyl (C=O) groups is 1. The first kappa shape index (κ1) is 13.0. The molecule has 0 radical (unpaired) electrons. The van der Waals surface area contributed by atoms with Crippen LogP contribution in [0.4, 0.5) is 4.79 Å². The van der Waals surface area contributed by atoms with Gasteiger partial charge >= 0.3 is 6.09 Å². The summed E-state index contributed by atoms with van der Waals surface area (Å²) in [4.78, 5) is 10.9. The molecule has 0 bridgehead atoms. The van der Waals surface area contributed by atoms with E-state index in [0.717, 1.165) is 5.56 Å². The number of nitrogens with one attached hydrogen (secondary N) is 1. The van der Waals surface area contributed by atoms with Crippen LogP contribution in [0.5, 0.6) is 5.75 Å². The van der Waals surface area contributed by atoms with Crippen molar-refractivity contribution in [2.24, 2.45) is 0 Å². The Balaban J connectivity index is 2.01. The number of cyclic esters (lactones) is 1. The lowest BCUT2D eigenvalue weighted by Crippen LogP contribution is -2.22. The van der Waals surface area contributed by atoms with Crippen molar-refractivity contribution in [2.75, 3.05) is 13.2 Å². The van der Waals surface area contributed by atoms with Crippen molar-refractivity contribution in [2.45, 2.75) is 25.9 Å². The van der Waals surface area contributed by atoms with Gasteiger partial charge in [-0.1, -0.05) is 37.6 Å². The van der Waals surface area contributed by atoms with Crippen LogP contribution in [0.1, 0.15) is 25.3 Å². The topological polar surface area (TPSA) is 47.6 Å². The number of hydrogen-bond acceptors (Lipinski definition) is 3. The molecule has 2 rings (SSSR count). The summed E-state index contributed by atoms with van der Waals surface area (Å²) in [6.45, 7) is 4.93. The van der Waals surface area contributed by atoms with Gasteiger partial charge in [0.25, 0.3) is 0 Å². The third-order valence-corrected chi connectivity index (χ3v) is 3.19. The van der Waals surface area contributed by atoms with Gasteiger partial charge in [-0.2, -0.15) is 0 Å². The van der Waals surface area contributed by atoms with Crippen molar-refractivity contribution < 1.29 is 14.3 Å². The van der Waals surface area contributed by atoms with Crippen LogP contribution < -0.4 is 10.1 Å². The van der Waals surface area contributed by atoms with Gasteiger partial charge in [0, 0.05) is 0 Å². The zero-order valence-electron chi connectivity index (χ0n) is 10.4. The van der Waals surface area contributed by atoms with Gasteiger partial charge < -0.3 is 14.8 Å². The minimum absolute atomic E-state index is 0.253. The molecule has 1 atom stereocenters. The monoisotopic (exact) mass is 269 g/mol. The molecule has 98 valence electrons. The van der Waals surface area contributed by atoms with Crippen molar-refractivity contribution >= 4 is 17.7 Å². The Labute approximate surface area is 111 Å². The molecule has 5 heteroatoms. The number of halogens is 1. The first-order valence-electron chi connectivity index (χ1n) is 5.93. The summed E-state index contributed by atoms with van der Waals surface area (Å²) in [5.41, 5.74) is 1.05. The van der Waals surface area contributed by atoms with E-state index in [-0.39, 0.29) is 6.10 Å². The molecule has 1 aliphatic rings. The van der Waals surface area contributed by atoms with Crippen molar-refractivity contribution in [3.63, 3.8) is 0 Å². The first-order chi connectivity index (χ1) is 8.58. The molecular formula is C13H16ClNO3. The van der Waals surface area contributed by atoms with Crippen LogP contribution in [0, 0.1) is 0 Å². The molecule has 0 spiro atoms. The number of rotatable bonds is 4. The van der Waals surface area contributed by atoms with E-state index in [1.165, 1.54) is 0 Å². The Kier molecular flexibility index (Phi) is 3.97. The highest BCUT2D eigenvalue weighted by Gasteiger charge is 2.23. The van der Waals surface area contributed by atoms with Gasteiger partial charge in [0.15, 0.2) is 6.10 Å². The van der Waals surface area contributed by atoms with E-state index in [4.69, 9.17) is 21.1 Å². The predicted molar refractivity (Wildman–Crippen MR) is 69.3 cm³/mol. The molecule has 18 heavy (non-hydrogen) atoms. The zero-order valence-corrected chi connectivity index (χ0v) is 11.2. The molecule has 1 fully saturated rings. The fraction of sp³-hybridized carbons (Fsp3) is 0.462. The van der Waals surface area contributed by atoms with Crippen LogP contribution in [-0.2, 0) is 4.74 Å². The lowest BCUT2D eigenvalue weighted by atomic mass is 10.0. The Hall–Kier alpha value is -1.42. The maximum Gasteiger partial charge on any atom is 0.407 e. The van der Waals surface area contributed by atoms with Crippen molar-refractivity contribution in [3.05, 3.63) is 28.8 Å². The fourth-order valence-corrected chi connectivity index (χ4v) is 2.19. The largest absolute Gasteiger partial charge is 0.488 e. The standard InChI is InChI=1S/C13H16ClNO3/c1-8(2)10-4-3-5-11(12(10)14)17-7-9-6-15-13(16)18-9/h3-5,8-9H,6-7H2,1-2H3,(H,15,16). The van der Waals surface area contributed by atoms with Gasteiger partial charge in [-0.15, -0.1) is 0 Å². The Morgan fingerprint density at radius 2 is 2.33 bits per heavy atom. The summed E-state index contributed by atoms with van der Waals surface area (Å²) >= 11 is 6.27. The molecule has 1 unspecified atom stereocenters. The van der Waals surface area contributed by atoms with E-state index in [1.807, 2.05) is 18.2 Å². The van der Waals surface area contributed by atoms with Crippen LogP contribution in [-0.4, -0.2) is 25.3 Å². The Morgan fingerprint density at radius 1 is 1.56 bits per heavy atom. The molecule has 0 aliphatic carbocycles. The van der Waals surface area contributed by atoms with E-state index < -0.39 is 6.09 Å². The molecule has 1 N–H and O–H groups in total. The molecular weight excluding hydrogens is 254 g/mol. The molecule has 1 saturated heterocycles. The predicted octanol–water partition coefficient (Wildman–Crippen LogP) is 2.95. The summed E-state index contributed by atoms with van der Waals surface area (Å²) in [6, 6.07) is 5.71. The molecule has 1 aliphatic heterocycles. The van der Waals surface area contributed by atoms with Crippen LogP contribution in [0.3, 0.4) is 0 Å². The number of benzene rings is 1. The Morgan fingerprint density at radius 3 is 2.94 bits per heavy atom. The average Bonchev–Trinajstić information content (AvgIpc) is 2.73. The molecule has 0 saturated carbocycles. The normalized spacial score (nSPS) is 18.7. The fourth-order valence-electron chi connectivity index (χ4n) is 1.79. The van der Waals surface area contributed by atoms with E-state index >= 15 is 0 Å². The van der Waals surface area contributed by atoms with Gasteiger partial charge in [-0.3, -0.25) is 0 Å². The quantitative estimate of drug-likeness (QED) is 0.914. The summed E-state index contributed by atoms with van der Waals surface area (Å²) in [7, 11) is 0. The van der Waals surface area contributed by atoms with Gasteiger partial charge in [0.05, 0.1) is 11.6 Å². The van der Waals surface area contributed by atoms with Gasteiger partial charge in [-0.05, 0) is 17.5 Å². The van der Waals surface area contributed by atoms with Gasteiger partial charge in [-0.25, -0.2) is 4.79 Å².